The van der Waals surface area contributed by atoms with Crippen LogP contribution in [0.2, 0.25) is 0 Å². The van der Waals surface area contributed by atoms with Crippen LogP contribution in [-0.4, -0.2) is 22.7 Å². The molecule has 2 heterocycles. The summed E-state index contributed by atoms with van der Waals surface area (Å²) in [5.41, 5.74) is 3.00. The Hall–Kier alpha value is -3.15. The third kappa shape index (κ3) is 2.83. The van der Waals surface area contributed by atoms with Gasteiger partial charge < -0.3 is 10.1 Å². The first-order chi connectivity index (χ1) is 12.6. The number of carbonyl (C=O) groups excluding carboxylic acids is 1. The minimum absolute atomic E-state index is 0.158. The Labute approximate surface area is 150 Å². The normalized spacial score (nSPS) is 15.8. The molecule has 0 saturated carbocycles. The SMILES string of the molecule is Cc1cccc2c1OCC[C@H]2NC(=O)c1cn[nH]c1-c1ccccc1F. The molecule has 0 radical (unpaired) electrons. The van der Waals surface area contributed by atoms with Crippen LogP contribution in [0.15, 0.2) is 48.7 Å². The fourth-order valence-corrected chi connectivity index (χ4v) is 3.29. The number of hydrogen-bond acceptors (Lipinski definition) is 3. The molecule has 26 heavy (non-hydrogen) atoms. The zero-order valence-corrected chi connectivity index (χ0v) is 14.3. The fourth-order valence-electron chi connectivity index (χ4n) is 3.29. The van der Waals surface area contributed by atoms with Gasteiger partial charge in [0.15, 0.2) is 0 Å². The molecule has 6 heteroatoms. The van der Waals surface area contributed by atoms with Crippen LogP contribution < -0.4 is 10.1 Å². The topological polar surface area (TPSA) is 67.0 Å². The highest BCUT2D eigenvalue weighted by atomic mass is 19.1. The average molecular weight is 351 g/mol. The molecule has 0 unspecified atom stereocenters. The van der Waals surface area contributed by atoms with Crippen LogP contribution >= 0.6 is 0 Å². The summed E-state index contributed by atoms with van der Waals surface area (Å²) in [4.78, 5) is 12.8. The second-order valence-electron chi connectivity index (χ2n) is 6.29. The molecule has 2 N–H and O–H groups in total. The first-order valence-corrected chi connectivity index (χ1v) is 8.46. The number of H-pyrrole nitrogens is 1. The number of carbonyl (C=O) groups is 1. The molecule has 1 aromatic heterocycles. The first-order valence-electron chi connectivity index (χ1n) is 8.46. The summed E-state index contributed by atoms with van der Waals surface area (Å²) in [6.07, 6.45) is 2.10. The minimum atomic E-state index is -0.405. The lowest BCUT2D eigenvalue weighted by atomic mass is 9.97. The monoisotopic (exact) mass is 351 g/mol. The van der Waals surface area contributed by atoms with Crippen molar-refractivity contribution in [1.29, 1.82) is 0 Å². The summed E-state index contributed by atoms with van der Waals surface area (Å²) in [6, 6.07) is 12.0. The number of fused-ring (bicyclic) bond motifs is 1. The Morgan fingerprint density at radius 1 is 1.27 bits per heavy atom. The lowest BCUT2D eigenvalue weighted by Crippen LogP contribution is -2.32. The van der Waals surface area contributed by atoms with Crippen LogP contribution in [0, 0.1) is 12.7 Å². The van der Waals surface area contributed by atoms with E-state index in [1.165, 1.54) is 12.3 Å². The van der Waals surface area contributed by atoms with Gasteiger partial charge in [0.2, 0.25) is 0 Å². The lowest BCUT2D eigenvalue weighted by molar-refractivity contribution is 0.0925. The molecule has 0 saturated heterocycles. The van der Waals surface area contributed by atoms with E-state index in [0.717, 1.165) is 16.9 Å². The van der Waals surface area contributed by atoms with Crippen molar-refractivity contribution in [1.82, 2.24) is 15.5 Å². The van der Waals surface area contributed by atoms with E-state index in [9.17, 15) is 9.18 Å². The summed E-state index contributed by atoms with van der Waals surface area (Å²) in [5, 5.41) is 9.70. The van der Waals surface area contributed by atoms with E-state index in [1.807, 2.05) is 25.1 Å². The van der Waals surface area contributed by atoms with E-state index in [-0.39, 0.29) is 11.9 Å². The molecule has 2 aromatic carbocycles. The van der Waals surface area contributed by atoms with E-state index in [0.29, 0.717) is 29.8 Å². The van der Waals surface area contributed by atoms with Crippen LogP contribution in [0.5, 0.6) is 5.75 Å². The number of halogens is 1. The molecule has 0 aliphatic carbocycles. The maximum absolute atomic E-state index is 14.1. The Bertz CT molecular complexity index is 967. The molecule has 1 aliphatic heterocycles. The van der Waals surface area contributed by atoms with E-state index in [4.69, 9.17) is 4.74 Å². The van der Waals surface area contributed by atoms with Crippen molar-refractivity contribution in [3.8, 4) is 17.0 Å². The Kier molecular flexibility index (Phi) is 4.16. The number of aryl methyl sites for hydroxylation is 1. The highest BCUT2D eigenvalue weighted by molar-refractivity contribution is 6.00. The fraction of sp³-hybridized carbons (Fsp3) is 0.200. The van der Waals surface area contributed by atoms with Gasteiger partial charge in [-0.3, -0.25) is 9.89 Å². The zero-order chi connectivity index (χ0) is 18.1. The van der Waals surface area contributed by atoms with Crippen molar-refractivity contribution in [3.05, 3.63) is 71.2 Å². The Balaban J connectivity index is 1.63. The van der Waals surface area contributed by atoms with Crippen LogP contribution in [0.4, 0.5) is 4.39 Å². The number of aromatic nitrogens is 2. The number of aromatic amines is 1. The highest BCUT2D eigenvalue weighted by Crippen LogP contribution is 2.35. The first kappa shape index (κ1) is 16.3. The van der Waals surface area contributed by atoms with Gasteiger partial charge in [0, 0.05) is 17.5 Å². The molecule has 1 atom stereocenters. The number of amides is 1. The second-order valence-corrected chi connectivity index (χ2v) is 6.29. The van der Waals surface area contributed by atoms with Crippen molar-refractivity contribution in [2.24, 2.45) is 0 Å². The largest absolute Gasteiger partial charge is 0.493 e. The quantitative estimate of drug-likeness (QED) is 0.755. The number of ether oxygens (including phenoxy) is 1. The van der Waals surface area contributed by atoms with E-state index in [2.05, 4.69) is 15.5 Å². The Morgan fingerprint density at radius 2 is 2.12 bits per heavy atom. The number of rotatable bonds is 3. The average Bonchev–Trinajstić information content (AvgIpc) is 3.13. The van der Waals surface area contributed by atoms with Gasteiger partial charge in [-0.15, -0.1) is 0 Å². The van der Waals surface area contributed by atoms with Gasteiger partial charge in [0.1, 0.15) is 11.6 Å². The van der Waals surface area contributed by atoms with Gasteiger partial charge in [-0.2, -0.15) is 5.10 Å². The van der Waals surface area contributed by atoms with E-state index in [1.54, 1.807) is 18.2 Å². The summed E-state index contributed by atoms with van der Waals surface area (Å²) in [7, 11) is 0. The smallest absolute Gasteiger partial charge is 0.255 e. The third-order valence-electron chi connectivity index (χ3n) is 4.60. The molecule has 132 valence electrons. The minimum Gasteiger partial charge on any atom is -0.493 e. The third-order valence-corrected chi connectivity index (χ3v) is 4.60. The van der Waals surface area contributed by atoms with Gasteiger partial charge in [0.25, 0.3) is 5.91 Å². The van der Waals surface area contributed by atoms with Crippen LogP contribution in [0.1, 0.15) is 33.9 Å². The number of para-hydroxylation sites is 1. The Morgan fingerprint density at radius 3 is 2.96 bits per heavy atom. The van der Waals surface area contributed by atoms with Crippen LogP contribution in [0.3, 0.4) is 0 Å². The summed E-state index contributed by atoms with van der Waals surface area (Å²) >= 11 is 0. The van der Waals surface area contributed by atoms with Gasteiger partial charge in [-0.1, -0.05) is 30.3 Å². The maximum Gasteiger partial charge on any atom is 0.255 e. The molecular weight excluding hydrogens is 333 g/mol. The molecule has 4 rings (SSSR count). The predicted octanol–water partition coefficient (Wildman–Crippen LogP) is 3.78. The molecule has 1 amide bonds. The van der Waals surface area contributed by atoms with E-state index >= 15 is 0 Å². The van der Waals surface area contributed by atoms with Gasteiger partial charge in [-0.25, -0.2) is 4.39 Å². The summed E-state index contributed by atoms with van der Waals surface area (Å²) in [6.45, 7) is 2.52. The maximum atomic E-state index is 14.1. The molecule has 0 spiro atoms. The van der Waals surface area contributed by atoms with Crippen molar-refractivity contribution in [3.63, 3.8) is 0 Å². The predicted molar refractivity (Wildman–Crippen MR) is 95.5 cm³/mol. The molecule has 1 aliphatic rings. The standard InChI is InChI=1S/C20H18FN3O2/c1-12-5-4-7-14-17(9-10-26-19(12)14)23-20(25)15-11-22-24-18(15)13-6-2-3-8-16(13)21/h2-8,11,17H,9-10H2,1H3,(H,22,24)(H,23,25)/t17-/m1/s1. The van der Waals surface area contributed by atoms with Gasteiger partial charge in [0.05, 0.1) is 30.1 Å². The van der Waals surface area contributed by atoms with Gasteiger partial charge in [-0.05, 0) is 24.6 Å². The molecule has 3 aromatic rings. The number of nitrogens with one attached hydrogen (secondary N) is 2. The highest BCUT2D eigenvalue weighted by Gasteiger charge is 2.26. The molecule has 0 bridgehead atoms. The molecule has 0 fully saturated rings. The van der Waals surface area contributed by atoms with Crippen molar-refractivity contribution >= 4 is 5.91 Å². The van der Waals surface area contributed by atoms with Crippen LogP contribution in [-0.2, 0) is 0 Å². The lowest BCUT2D eigenvalue weighted by Gasteiger charge is -2.27. The van der Waals surface area contributed by atoms with Crippen LogP contribution in [0.25, 0.3) is 11.3 Å². The second kappa shape index (κ2) is 6.63. The van der Waals surface area contributed by atoms with E-state index < -0.39 is 5.82 Å². The number of hydrogen-bond donors (Lipinski definition) is 2. The molecule has 5 nitrogen and oxygen atoms in total. The van der Waals surface area contributed by atoms with Gasteiger partial charge >= 0.3 is 0 Å². The zero-order valence-electron chi connectivity index (χ0n) is 14.3. The van der Waals surface area contributed by atoms with Crippen molar-refractivity contribution in [2.45, 2.75) is 19.4 Å². The van der Waals surface area contributed by atoms with Crippen molar-refractivity contribution in [2.75, 3.05) is 6.61 Å². The molecular formula is C20H18FN3O2. The number of benzene rings is 2. The summed E-state index contributed by atoms with van der Waals surface area (Å²) in [5.74, 6) is 0.125. The van der Waals surface area contributed by atoms with Crippen molar-refractivity contribution < 1.29 is 13.9 Å². The number of nitrogens with zero attached hydrogens (tertiary/aromatic N) is 1. The summed E-state index contributed by atoms with van der Waals surface area (Å²) < 4.78 is 19.8.